The molecule has 0 aliphatic heterocycles. The van der Waals surface area contributed by atoms with Gasteiger partial charge in [0.1, 0.15) is 0 Å². The molecule has 0 unspecified atom stereocenters. The maximum Gasteiger partial charge on any atom is 0.401 e. The molecule has 1 aromatic rings. The first-order valence-electron chi connectivity index (χ1n) is 5.43. The van der Waals surface area contributed by atoms with Gasteiger partial charge in [-0.2, -0.15) is 13.2 Å². The lowest BCUT2D eigenvalue weighted by Crippen LogP contribution is -2.37. The molecule has 0 aliphatic rings. The number of carboxylic acid groups (broad SMARTS) is 1. The van der Waals surface area contributed by atoms with Crippen LogP contribution in [0.3, 0.4) is 0 Å². The Kier molecular flexibility index (Phi) is 5.20. The van der Waals surface area contributed by atoms with Gasteiger partial charge in [0, 0.05) is 11.6 Å². The first kappa shape index (κ1) is 15.8. The normalized spacial score (nSPS) is 11.9. The predicted molar refractivity (Wildman–Crippen MR) is 65.2 cm³/mol. The second-order valence-electron chi connectivity index (χ2n) is 4.22. The summed E-state index contributed by atoms with van der Waals surface area (Å²) in [6, 6.07) is 4.79. The highest BCUT2D eigenvalue weighted by atomic mass is 35.5. The topological polar surface area (TPSA) is 40.5 Å². The first-order chi connectivity index (χ1) is 8.67. The summed E-state index contributed by atoms with van der Waals surface area (Å²) in [6.07, 6.45) is -4.43. The summed E-state index contributed by atoms with van der Waals surface area (Å²) < 4.78 is 37.1. The third kappa shape index (κ3) is 5.94. The van der Waals surface area contributed by atoms with Crippen molar-refractivity contribution < 1.29 is 23.1 Å². The SMILES string of the molecule is Cc1cc(Cl)ccc1CN(CC(=O)O)CC(F)(F)F. The van der Waals surface area contributed by atoms with Crippen LogP contribution in [0.2, 0.25) is 5.02 Å². The number of halogens is 4. The average Bonchev–Trinajstić information content (AvgIpc) is 2.18. The molecular formula is C12H13ClF3NO2. The average molecular weight is 296 g/mol. The van der Waals surface area contributed by atoms with Crippen LogP contribution in [-0.2, 0) is 11.3 Å². The van der Waals surface area contributed by atoms with Crippen LogP contribution in [0.4, 0.5) is 13.2 Å². The minimum atomic E-state index is -4.43. The fourth-order valence-corrected chi connectivity index (χ4v) is 1.92. The van der Waals surface area contributed by atoms with Gasteiger partial charge < -0.3 is 5.11 Å². The molecule has 0 aromatic heterocycles. The van der Waals surface area contributed by atoms with Crippen molar-refractivity contribution in [2.24, 2.45) is 0 Å². The standard InChI is InChI=1S/C12H13ClF3NO2/c1-8-4-10(13)3-2-9(8)5-17(6-11(18)19)7-12(14,15)16/h2-4H,5-7H2,1H3,(H,18,19). The molecule has 1 N–H and O–H groups in total. The van der Waals surface area contributed by atoms with Gasteiger partial charge in [-0.25, -0.2) is 0 Å². The van der Waals surface area contributed by atoms with Gasteiger partial charge in [0.25, 0.3) is 0 Å². The quantitative estimate of drug-likeness (QED) is 0.907. The molecule has 106 valence electrons. The molecule has 0 heterocycles. The lowest BCUT2D eigenvalue weighted by Gasteiger charge is -2.22. The molecule has 0 saturated heterocycles. The minimum absolute atomic E-state index is 0.0885. The number of benzene rings is 1. The third-order valence-electron chi connectivity index (χ3n) is 2.46. The molecule has 1 rings (SSSR count). The summed E-state index contributed by atoms with van der Waals surface area (Å²) in [5, 5.41) is 9.13. The van der Waals surface area contributed by atoms with Crippen LogP contribution in [0, 0.1) is 6.92 Å². The maximum atomic E-state index is 12.4. The Balaban J connectivity index is 2.84. The van der Waals surface area contributed by atoms with Crippen LogP contribution in [0.1, 0.15) is 11.1 Å². The zero-order chi connectivity index (χ0) is 14.6. The van der Waals surface area contributed by atoms with Gasteiger partial charge in [-0.3, -0.25) is 9.69 Å². The molecular weight excluding hydrogens is 283 g/mol. The lowest BCUT2D eigenvalue weighted by molar-refractivity contribution is -0.154. The number of nitrogens with zero attached hydrogens (tertiary/aromatic N) is 1. The van der Waals surface area contributed by atoms with E-state index < -0.39 is 25.2 Å². The van der Waals surface area contributed by atoms with Crippen molar-refractivity contribution in [1.82, 2.24) is 4.90 Å². The number of carbonyl (C=O) groups is 1. The largest absolute Gasteiger partial charge is 0.480 e. The van der Waals surface area contributed by atoms with Crippen molar-refractivity contribution in [3.63, 3.8) is 0 Å². The van der Waals surface area contributed by atoms with Crippen molar-refractivity contribution in [1.29, 1.82) is 0 Å². The number of rotatable bonds is 5. The highest BCUT2D eigenvalue weighted by Gasteiger charge is 2.31. The summed E-state index contributed by atoms with van der Waals surface area (Å²) in [5.74, 6) is -1.30. The van der Waals surface area contributed by atoms with Crippen LogP contribution in [0.15, 0.2) is 18.2 Å². The summed E-state index contributed by atoms with van der Waals surface area (Å²) in [6.45, 7) is -0.300. The zero-order valence-electron chi connectivity index (χ0n) is 10.2. The second kappa shape index (κ2) is 6.25. The van der Waals surface area contributed by atoms with Crippen LogP contribution in [-0.4, -0.2) is 35.2 Å². The fraction of sp³-hybridized carbons (Fsp3) is 0.417. The van der Waals surface area contributed by atoms with E-state index in [0.717, 1.165) is 10.5 Å². The molecule has 0 spiro atoms. The number of alkyl halides is 3. The molecule has 0 aliphatic carbocycles. The summed E-state index contributed by atoms with van der Waals surface area (Å²) in [5.41, 5.74) is 1.35. The Labute approximate surface area is 113 Å². The van der Waals surface area contributed by atoms with Gasteiger partial charge in [0.2, 0.25) is 0 Å². The molecule has 19 heavy (non-hydrogen) atoms. The van der Waals surface area contributed by atoms with E-state index in [1.165, 1.54) is 0 Å². The first-order valence-corrected chi connectivity index (χ1v) is 5.81. The molecule has 0 bridgehead atoms. The Morgan fingerprint density at radius 3 is 2.53 bits per heavy atom. The minimum Gasteiger partial charge on any atom is -0.480 e. The molecule has 0 atom stereocenters. The number of hydrogen-bond donors (Lipinski definition) is 1. The van der Waals surface area contributed by atoms with Crippen molar-refractivity contribution in [2.75, 3.05) is 13.1 Å². The maximum absolute atomic E-state index is 12.4. The van der Waals surface area contributed by atoms with Crippen LogP contribution in [0.5, 0.6) is 0 Å². The van der Waals surface area contributed by atoms with E-state index >= 15 is 0 Å². The molecule has 0 radical (unpaired) electrons. The smallest absolute Gasteiger partial charge is 0.401 e. The fourth-order valence-electron chi connectivity index (χ4n) is 1.69. The van der Waals surface area contributed by atoms with E-state index in [-0.39, 0.29) is 6.54 Å². The van der Waals surface area contributed by atoms with E-state index in [1.54, 1.807) is 25.1 Å². The molecule has 0 amide bonds. The van der Waals surface area contributed by atoms with E-state index in [1.807, 2.05) is 0 Å². The van der Waals surface area contributed by atoms with Gasteiger partial charge in [-0.05, 0) is 30.2 Å². The lowest BCUT2D eigenvalue weighted by atomic mass is 10.1. The Hall–Kier alpha value is -1.27. The summed E-state index contributed by atoms with van der Waals surface area (Å²) in [4.78, 5) is 11.4. The summed E-state index contributed by atoms with van der Waals surface area (Å²) >= 11 is 5.76. The van der Waals surface area contributed by atoms with Gasteiger partial charge in [0.15, 0.2) is 0 Å². The molecule has 1 aromatic carbocycles. The Bertz CT molecular complexity index is 463. The van der Waals surface area contributed by atoms with Crippen LogP contribution in [0.25, 0.3) is 0 Å². The molecule has 7 heteroatoms. The Morgan fingerprint density at radius 2 is 2.05 bits per heavy atom. The number of aliphatic carboxylic acids is 1. The van der Waals surface area contributed by atoms with Gasteiger partial charge in [-0.1, -0.05) is 17.7 Å². The Morgan fingerprint density at radius 1 is 1.42 bits per heavy atom. The van der Waals surface area contributed by atoms with E-state index in [4.69, 9.17) is 16.7 Å². The third-order valence-corrected chi connectivity index (χ3v) is 2.70. The molecule has 0 saturated carbocycles. The predicted octanol–water partition coefficient (Wildman–Crippen LogP) is 3.10. The highest BCUT2D eigenvalue weighted by Crippen LogP contribution is 2.20. The van der Waals surface area contributed by atoms with Crippen molar-refractivity contribution >= 4 is 17.6 Å². The van der Waals surface area contributed by atoms with E-state index in [0.29, 0.717) is 10.6 Å². The second-order valence-corrected chi connectivity index (χ2v) is 4.66. The monoisotopic (exact) mass is 295 g/mol. The van der Waals surface area contributed by atoms with Crippen LogP contribution >= 0.6 is 11.6 Å². The van der Waals surface area contributed by atoms with Gasteiger partial charge in [-0.15, -0.1) is 0 Å². The van der Waals surface area contributed by atoms with E-state index in [9.17, 15) is 18.0 Å². The van der Waals surface area contributed by atoms with E-state index in [2.05, 4.69) is 0 Å². The van der Waals surface area contributed by atoms with Gasteiger partial charge in [0.05, 0.1) is 13.1 Å². The molecule has 0 fully saturated rings. The number of hydrogen-bond acceptors (Lipinski definition) is 2. The zero-order valence-corrected chi connectivity index (χ0v) is 10.9. The summed E-state index contributed by atoms with van der Waals surface area (Å²) in [7, 11) is 0. The van der Waals surface area contributed by atoms with Crippen LogP contribution < -0.4 is 0 Å². The highest BCUT2D eigenvalue weighted by molar-refractivity contribution is 6.30. The van der Waals surface area contributed by atoms with Crippen molar-refractivity contribution in [3.8, 4) is 0 Å². The van der Waals surface area contributed by atoms with Crippen molar-refractivity contribution in [3.05, 3.63) is 34.3 Å². The molecule has 3 nitrogen and oxygen atoms in total. The van der Waals surface area contributed by atoms with Crippen molar-refractivity contribution in [2.45, 2.75) is 19.6 Å². The number of carboxylic acids is 1. The van der Waals surface area contributed by atoms with Gasteiger partial charge >= 0.3 is 12.1 Å². The number of aryl methyl sites for hydroxylation is 1.